The van der Waals surface area contributed by atoms with Crippen LogP contribution < -0.4 is 24.8 Å². The number of hydrogen-bond acceptors (Lipinski definition) is 8. The predicted molar refractivity (Wildman–Crippen MR) is 95.5 cm³/mol. The van der Waals surface area contributed by atoms with Gasteiger partial charge in [-0.1, -0.05) is 0 Å². The number of carbonyl (C=O) groups is 3. The number of imide groups is 1. The van der Waals surface area contributed by atoms with Gasteiger partial charge in [-0.3, -0.25) is 10.1 Å². The van der Waals surface area contributed by atoms with E-state index in [1.54, 1.807) is 12.1 Å². The summed E-state index contributed by atoms with van der Waals surface area (Å²) < 4.78 is 25.5. The second kappa shape index (κ2) is 9.86. The molecule has 10 heteroatoms. The zero-order valence-corrected chi connectivity index (χ0v) is 15.6. The zero-order valence-electron chi connectivity index (χ0n) is 15.6. The quantitative estimate of drug-likeness (QED) is 0.647. The predicted octanol–water partition coefficient (Wildman–Crippen LogP) is 1.49. The van der Waals surface area contributed by atoms with Crippen LogP contribution in [-0.4, -0.2) is 45.8 Å². The molecule has 2 aromatic rings. The van der Waals surface area contributed by atoms with E-state index in [9.17, 15) is 14.4 Å². The van der Waals surface area contributed by atoms with E-state index in [1.807, 2.05) is 5.32 Å². The number of amides is 3. The minimum absolute atomic E-state index is 0.0372. The monoisotopic (exact) mass is 392 g/mol. The molecule has 10 nitrogen and oxygen atoms in total. The smallest absolute Gasteiger partial charge is 0.342 e. The van der Waals surface area contributed by atoms with Crippen molar-refractivity contribution in [2.24, 2.45) is 0 Å². The largest absolute Gasteiger partial charge is 0.493 e. The Balaban J connectivity index is 1.90. The normalized spacial score (nSPS) is 9.96. The third-order valence-electron chi connectivity index (χ3n) is 3.51. The van der Waals surface area contributed by atoms with Crippen LogP contribution in [0.2, 0.25) is 0 Å². The highest BCUT2D eigenvalue weighted by Gasteiger charge is 2.22. The number of esters is 1. The molecule has 0 radical (unpaired) electrons. The second-order valence-corrected chi connectivity index (χ2v) is 5.27. The number of benzene rings is 1. The van der Waals surface area contributed by atoms with Gasteiger partial charge < -0.3 is 28.7 Å². The molecule has 0 saturated carbocycles. The van der Waals surface area contributed by atoms with Crippen molar-refractivity contribution in [3.05, 3.63) is 41.9 Å². The van der Waals surface area contributed by atoms with Gasteiger partial charge in [0.05, 0.1) is 34.1 Å². The van der Waals surface area contributed by atoms with Gasteiger partial charge in [0.15, 0.2) is 18.1 Å². The number of rotatable bonds is 8. The SMILES string of the molecule is COc1ccc(C(=O)OCC(=O)NC(=O)NCc2ccco2)c(OC)c1OC. The lowest BCUT2D eigenvalue weighted by Gasteiger charge is -2.15. The van der Waals surface area contributed by atoms with Gasteiger partial charge in [0.1, 0.15) is 11.3 Å². The molecule has 0 aliphatic rings. The topological polar surface area (TPSA) is 125 Å². The van der Waals surface area contributed by atoms with Gasteiger partial charge in [-0.05, 0) is 24.3 Å². The molecular weight excluding hydrogens is 372 g/mol. The molecular formula is C18H20N2O8. The third kappa shape index (κ3) is 5.16. The number of urea groups is 1. The number of hydrogen-bond donors (Lipinski definition) is 2. The minimum Gasteiger partial charge on any atom is -0.493 e. The molecule has 28 heavy (non-hydrogen) atoms. The first-order valence-corrected chi connectivity index (χ1v) is 8.06. The summed E-state index contributed by atoms with van der Waals surface area (Å²) in [5.41, 5.74) is 0.0372. The molecule has 2 N–H and O–H groups in total. The Morgan fingerprint density at radius 3 is 2.36 bits per heavy atom. The fourth-order valence-electron chi connectivity index (χ4n) is 2.26. The van der Waals surface area contributed by atoms with Crippen LogP contribution in [0, 0.1) is 0 Å². The lowest BCUT2D eigenvalue weighted by molar-refractivity contribution is -0.123. The first kappa shape index (κ1) is 20.6. The average Bonchev–Trinajstić information content (AvgIpc) is 3.22. The Labute approximate surface area is 160 Å². The summed E-state index contributed by atoms with van der Waals surface area (Å²) >= 11 is 0. The van der Waals surface area contributed by atoms with E-state index in [0.29, 0.717) is 11.5 Å². The molecule has 1 aromatic heterocycles. The number of carbonyl (C=O) groups excluding carboxylic acids is 3. The van der Waals surface area contributed by atoms with Crippen LogP contribution in [0.15, 0.2) is 34.9 Å². The van der Waals surface area contributed by atoms with E-state index in [-0.39, 0.29) is 23.6 Å². The molecule has 3 amide bonds. The summed E-state index contributed by atoms with van der Waals surface area (Å²) in [7, 11) is 4.19. The molecule has 0 aliphatic carbocycles. The Morgan fingerprint density at radius 1 is 1.00 bits per heavy atom. The van der Waals surface area contributed by atoms with Crippen molar-refractivity contribution in [3.8, 4) is 17.2 Å². The van der Waals surface area contributed by atoms with Crippen molar-refractivity contribution in [3.63, 3.8) is 0 Å². The van der Waals surface area contributed by atoms with E-state index in [4.69, 9.17) is 23.4 Å². The van der Waals surface area contributed by atoms with E-state index in [2.05, 4.69) is 5.32 Å². The summed E-state index contributed by atoms with van der Waals surface area (Å²) in [6.45, 7) is -0.556. The molecule has 1 aromatic carbocycles. The van der Waals surface area contributed by atoms with Crippen LogP contribution in [0.4, 0.5) is 4.79 Å². The second-order valence-electron chi connectivity index (χ2n) is 5.27. The van der Waals surface area contributed by atoms with Crippen LogP contribution in [0.25, 0.3) is 0 Å². The molecule has 0 unspecified atom stereocenters. The van der Waals surface area contributed by atoms with Crippen molar-refractivity contribution in [1.29, 1.82) is 0 Å². The van der Waals surface area contributed by atoms with Gasteiger partial charge in [-0.15, -0.1) is 0 Å². The highest BCUT2D eigenvalue weighted by Crippen LogP contribution is 2.39. The number of ether oxygens (including phenoxy) is 4. The van der Waals surface area contributed by atoms with E-state index in [1.165, 1.54) is 39.7 Å². The van der Waals surface area contributed by atoms with Gasteiger partial charge in [-0.25, -0.2) is 9.59 Å². The molecule has 2 rings (SSSR count). The summed E-state index contributed by atoms with van der Waals surface area (Å²) in [5, 5.41) is 4.46. The lowest BCUT2D eigenvalue weighted by atomic mass is 10.1. The Bertz CT molecular complexity index is 832. The fourth-order valence-corrected chi connectivity index (χ4v) is 2.26. The first-order chi connectivity index (χ1) is 13.5. The van der Waals surface area contributed by atoms with Crippen LogP contribution in [0.5, 0.6) is 17.2 Å². The highest BCUT2D eigenvalue weighted by molar-refractivity contribution is 5.98. The molecule has 0 aliphatic heterocycles. The fraction of sp³-hybridized carbons (Fsp3) is 0.278. The Kier molecular flexibility index (Phi) is 7.26. The maximum atomic E-state index is 12.3. The first-order valence-electron chi connectivity index (χ1n) is 8.06. The maximum absolute atomic E-state index is 12.3. The van der Waals surface area contributed by atoms with Gasteiger partial charge in [0.2, 0.25) is 5.75 Å². The van der Waals surface area contributed by atoms with E-state index in [0.717, 1.165) is 0 Å². The molecule has 1 heterocycles. The summed E-state index contributed by atoms with van der Waals surface area (Å²) in [6.07, 6.45) is 1.46. The van der Waals surface area contributed by atoms with Gasteiger partial charge in [-0.2, -0.15) is 0 Å². The molecule has 0 atom stereocenters. The molecule has 0 bridgehead atoms. The summed E-state index contributed by atoms with van der Waals surface area (Å²) in [6, 6.07) is 5.50. The summed E-state index contributed by atoms with van der Waals surface area (Å²) in [5.74, 6) is -0.435. The van der Waals surface area contributed by atoms with Gasteiger partial charge in [0, 0.05) is 0 Å². The van der Waals surface area contributed by atoms with Crippen molar-refractivity contribution >= 4 is 17.9 Å². The minimum atomic E-state index is -0.830. The van der Waals surface area contributed by atoms with Crippen LogP contribution in [0.3, 0.4) is 0 Å². The molecule has 0 fully saturated rings. The lowest BCUT2D eigenvalue weighted by Crippen LogP contribution is -2.41. The van der Waals surface area contributed by atoms with Crippen LogP contribution in [0.1, 0.15) is 16.1 Å². The maximum Gasteiger partial charge on any atom is 0.342 e. The molecule has 0 spiro atoms. The van der Waals surface area contributed by atoms with Crippen LogP contribution in [-0.2, 0) is 16.1 Å². The number of nitrogens with one attached hydrogen (secondary N) is 2. The summed E-state index contributed by atoms with van der Waals surface area (Å²) in [4.78, 5) is 35.7. The van der Waals surface area contributed by atoms with Crippen molar-refractivity contribution in [2.75, 3.05) is 27.9 Å². The molecule has 150 valence electrons. The van der Waals surface area contributed by atoms with Crippen LogP contribution >= 0.6 is 0 Å². The van der Waals surface area contributed by atoms with Gasteiger partial charge in [0.25, 0.3) is 5.91 Å². The number of methoxy groups -OCH3 is 3. The average molecular weight is 392 g/mol. The number of furan rings is 1. The van der Waals surface area contributed by atoms with E-state index >= 15 is 0 Å². The highest BCUT2D eigenvalue weighted by atomic mass is 16.5. The standard InChI is InChI=1S/C18H20N2O8/c1-24-13-7-6-12(15(25-2)16(13)26-3)17(22)28-10-14(21)20-18(23)19-9-11-5-4-8-27-11/h4-8H,9-10H2,1-3H3,(H2,19,20,21,23). The Hall–Kier alpha value is -3.69. The van der Waals surface area contributed by atoms with Crippen molar-refractivity contribution in [1.82, 2.24) is 10.6 Å². The van der Waals surface area contributed by atoms with Gasteiger partial charge >= 0.3 is 12.0 Å². The van der Waals surface area contributed by atoms with E-state index < -0.39 is 24.5 Å². The Morgan fingerprint density at radius 2 is 1.75 bits per heavy atom. The van der Waals surface area contributed by atoms with Crippen molar-refractivity contribution in [2.45, 2.75) is 6.54 Å². The van der Waals surface area contributed by atoms with Crippen molar-refractivity contribution < 1.29 is 37.7 Å². The third-order valence-corrected chi connectivity index (χ3v) is 3.51. The molecule has 0 saturated heterocycles. The zero-order chi connectivity index (χ0) is 20.5.